The number of hydrogen-bond donors (Lipinski definition) is 2. The number of nitrogens with one attached hydrogen (secondary N) is 2. The van der Waals surface area contributed by atoms with E-state index in [4.69, 9.17) is 11.6 Å². The summed E-state index contributed by atoms with van der Waals surface area (Å²) in [6.07, 6.45) is 5.64. The summed E-state index contributed by atoms with van der Waals surface area (Å²) < 4.78 is 0. The molecule has 2 heterocycles. The van der Waals surface area contributed by atoms with Gasteiger partial charge in [-0.05, 0) is 30.9 Å². The largest absolute Gasteiger partial charge is 0.357 e. The average molecular weight is 508 g/mol. The van der Waals surface area contributed by atoms with Gasteiger partial charge in [0.2, 0.25) is 0 Å². The Bertz CT molecular complexity index is 672. The maximum atomic E-state index is 5.81. The van der Waals surface area contributed by atoms with Crippen molar-refractivity contribution in [3.8, 4) is 0 Å². The minimum Gasteiger partial charge on any atom is -0.357 e. The van der Waals surface area contributed by atoms with Crippen LogP contribution in [0.3, 0.4) is 0 Å². The number of halogens is 2. The molecule has 0 aromatic carbocycles. The molecule has 0 fully saturated rings. The lowest BCUT2D eigenvalue weighted by Gasteiger charge is -2.11. The first-order chi connectivity index (χ1) is 12.1. The van der Waals surface area contributed by atoms with E-state index in [1.165, 1.54) is 9.88 Å². The van der Waals surface area contributed by atoms with E-state index in [1.807, 2.05) is 24.5 Å². The zero-order valence-corrected chi connectivity index (χ0v) is 19.4. The second-order valence-corrected chi connectivity index (χ2v) is 7.77. The molecule has 0 aliphatic carbocycles. The average Bonchev–Trinajstić information content (AvgIpc) is 3.01. The van der Waals surface area contributed by atoms with Gasteiger partial charge in [0.15, 0.2) is 5.96 Å². The fourth-order valence-corrected chi connectivity index (χ4v) is 3.41. The highest BCUT2D eigenvalue weighted by molar-refractivity contribution is 14.0. The fraction of sp³-hybridized carbons (Fsp3) is 0.500. The van der Waals surface area contributed by atoms with E-state index in [9.17, 15) is 0 Å². The quantitative estimate of drug-likeness (QED) is 0.242. The molecule has 2 N–H and O–H groups in total. The highest BCUT2D eigenvalue weighted by Crippen LogP contribution is 2.17. The van der Waals surface area contributed by atoms with Gasteiger partial charge in [0.1, 0.15) is 5.15 Å². The molecule has 0 radical (unpaired) electrons. The summed E-state index contributed by atoms with van der Waals surface area (Å²) in [4.78, 5) is 14.4. The molecule has 26 heavy (non-hydrogen) atoms. The normalized spacial score (nSPS) is 11.3. The van der Waals surface area contributed by atoms with E-state index in [2.05, 4.69) is 46.4 Å². The van der Waals surface area contributed by atoms with Gasteiger partial charge in [0.05, 0.1) is 11.6 Å². The van der Waals surface area contributed by atoms with Crippen molar-refractivity contribution in [3.63, 3.8) is 0 Å². The maximum absolute atomic E-state index is 5.81. The van der Waals surface area contributed by atoms with Crippen LogP contribution < -0.4 is 10.6 Å². The third kappa shape index (κ3) is 8.64. The molecule has 8 heteroatoms. The minimum atomic E-state index is 0. The van der Waals surface area contributed by atoms with Crippen molar-refractivity contribution in [2.24, 2.45) is 10.9 Å². The van der Waals surface area contributed by atoms with Crippen molar-refractivity contribution in [2.75, 3.05) is 13.1 Å². The Morgan fingerprint density at radius 2 is 2.04 bits per heavy atom. The lowest BCUT2D eigenvalue weighted by molar-refractivity contribution is 0.644. The van der Waals surface area contributed by atoms with Crippen LogP contribution in [0.2, 0.25) is 5.15 Å². The lowest BCUT2D eigenvalue weighted by atomic mass is 10.1. The Morgan fingerprint density at radius 1 is 1.23 bits per heavy atom. The van der Waals surface area contributed by atoms with E-state index < -0.39 is 0 Å². The lowest BCUT2D eigenvalue weighted by Crippen LogP contribution is -2.38. The second-order valence-electron chi connectivity index (χ2n) is 6.18. The van der Waals surface area contributed by atoms with E-state index >= 15 is 0 Å². The molecule has 2 aromatic rings. The van der Waals surface area contributed by atoms with Gasteiger partial charge in [0.25, 0.3) is 0 Å². The molecule has 0 bridgehead atoms. The Labute approximate surface area is 182 Å². The number of guanidine groups is 1. The van der Waals surface area contributed by atoms with Crippen LogP contribution in [0, 0.1) is 5.92 Å². The first-order valence-electron chi connectivity index (χ1n) is 8.63. The molecule has 0 atom stereocenters. The van der Waals surface area contributed by atoms with Crippen LogP contribution in [0.5, 0.6) is 0 Å². The summed E-state index contributed by atoms with van der Waals surface area (Å²) in [5.41, 5.74) is 1.15. The van der Waals surface area contributed by atoms with Gasteiger partial charge in [-0.1, -0.05) is 31.5 Å². The van der Waals surface area contributed by atoms with Crippen molar-refractivity contribution >= 4 is 52.9 Å². The van der Waals surface area contributed by atoms with E-state index in [0.29, 0.717) is 17.6 Å². The predicted octanol–water partition coefficient (Wildman–Crippen LogP) is 4.31. The van der Waals surface area contributed by atoms with Crippen molar-refractivity contribution in [2.45, 2.75) is 40.2 Å². The van der Waals surface area contributed by atoms with Crippen molar-refractivity contribution in [3.05, 3.63) is 45.1 Å². The Hall–Kier alpha value is -0.930. The minimum absolute atomic E-state index is 0. The van der Waals surface area contributed by atoms with Crippen LogP contribution in [-0.4, -0.2) is 29.0 Å². The molecule has 2 aromatic heterocycles. The van der Waals surface area contributed by atoms with Crippen molar-refractivity contribution < 1.29 is 0 Å². The molecule has 0 amide bonds. The summed E-state index contributed by atoms with van der Waals surface area (Å²) in [7, 11) is 0. The van der Waals surface area contributed by atoms with E-state index in [-0.39, 0.29) is 24.0 Å². The highest BCUT2D eigenvalue weighted by atomic mass is 127. The van der Waals surface area contributed by atoms with Gasteiger partial charge >= 0.3 is 0 Å². The molecule has 0 spiro atoms. The Balaban J connectivity index is 0.00000338. The number of hydrogen-bond acceptors (Lipinski definition) is 4. The first-order valence-corrected chi connectivity index (χ1v) is 9.82. The summed E-state index contributed by atoms with van der Waals surface area (Å²) >= 11 is 7.56. The molecule has 2 rings (SSSR count). The van der Waals surface area contributed by atoms with Crippen LogP contribution in [0.1, 0.15) is 36.2 Å². The zero-order valence-electron chi connectivity index (χ0n) is 15.5. The zero-order chi connectivity index (χ0) is 18.1. The summed E-state index contributed by atoms with van der Waals surface area (Å²) in [5.74, 6) is 1.45. The summed E-state index contributed by atoms with van der Waals surface area (Å²) in [6, 6.07) is 3.81. The van der Waals surface area contributed by atoms with E-state index in [0.717, 1.165) is 37.5 Å². The number of pyridine rings is 1. The van der Waals surface area contributed by atoms with Crippen LogP contribution in [0.15, 0.2) is 29.5 Å². The number of aromatic nitrogens is 2. The number of rotatable bonds is 8. The van der Waals surface area contributed by atoms with Gasteiger partial charge in [-0.2, -0.15) is 0 Å². The molecule has 0 unspecified atom stereocenters. The van der Waals surface area contributed by atoms with Gasteiger partial charge in [-0.15, -0.1) is 35.3 Å². The van der Waals surface area contributed by atoms with Crippen LogP contribution in [0.25, 0.3) is 0 Å². The molecule has 0 aliphatic heterocycles. The molecular formula is C18H27ClIN5S. The third-order valence-electron chi connectivity index (χ3n) is 3.42. The van der Waals surface area contributed by atoms with Gasteiger partial charge in [-0.25, -0.2) is 15.0 Å². The van der Waals surface area contributed by atoms with Crippen LogP contribution in [0.4, 0.5) is 0 Å². The van der Waals surface area contributed by atoms with Crippen molar-refractivity contribution in [1.29, 1.82) is 0 Å². The molecular weight excluding hydrogens is 481 g/mol. The van der Waals surface area contributed by atoms with Crippen LogP contribution >= 0.6 is 46.9 Å². The fourth-order valence-electron chi connectivity index (χ4n) is 2.24. The standard InChI is InChI=1S/C18H26ClN5S.HI/c1-4-20-18(21-8-7-14-5-6-16(19)22-10-14)24-12-15-11-23-17(25-15)9-13(2)3;/h5-6,10-11,13H,4,7-9,12H2,1-3H3,(H2,20,21,24);1H. The SMILES string of the molecule is CCNC(=NCc1cnc(CC(C)C)s1)NCCc1ccc(Cl)nc1.I. The first kappa shape index (κ1) is 23.1. The summed E-state index contributed by atoms with van der Waals surface area (Å²) in [5, 5.41) is 8.34. The van der Waals surface area contributed by atoms with Crippen LogP contribution in [-0.2, 0) is 19.4 Å². The molecule has 0 saturated heterocycles. The van der Waals surface area contributed by atoms with Gasteiger partial charge in [-0.3, -0.25) is 0 Å². The Kier molecular flexibility index (Phi) is 11.1. The Morgan fingerprint density at radius 3 is 2.69 bits per heavy atom. The van der Waals surface area contributed by atoms with Gasteiger partial charge < -0.3 is 10.6 Å². The molecule has 5 nitrogen and oxygen atoms in total. The summed E-state index contributed by atoms with van der Waals surface area (Å²) in [6.45, 7) is 8.75. The van der Waals surface area contributed by atoms with Crippen molar-refractivity contribution in [1.82, 2.24) is 20.6 Å². The number of nitrogens with zero attached hydrogens (tertiary/aromatic N) is 3. The smallest absolute Gasteiger partial charge is 0.191 e. The van der Waals surface area contributed by atoms with Gasteiger partial charge in [0, 0.05) is 36.8 Å². The monoisotopic (exact) mass is 507 g/mol. The third-order valence-corrected chi connectivity index (χ3v) is 4.64. The topological polar surface area (TPSA) is 62.2 Å². The number of aliphatic imine (C=N–C) groups is 1. The number of thiazole rings is 1. The second kappa shape index (κ2) is 12.5. The maximum Gasteiger partial charge on any atom is 0.191 e. The predicted molar refractivity (Wildman–Crippen MR) is 122 cm³/mol. The molecule has 0 aliphatic rings. The molecule has 144 valence electrons. The highest BCUT2D eigenvalue weighted by Gasteiger charge is 2.05. The van der Waals surface area contributed by atoms with E-state index in [1.54, 1.807) is 11.3 Å². The molecule has 0 saturated carbocycles.